The molecule has 0 saturated carbocycles. The molecule has 1 aliphatic rings. The highest BCUT2D eigenvalue weighted by Gasteiger charge is 2.13. The summed E-state index contributed by atoms with van der Waals surface area (Å²) < 4.78 is 0. The Morgan fingerprint density at radius 2 is 1.95 bits per heavy atom. The predicted octanol–water partition coefficient (Wildman–Crippen LogP) is 4.21. The minimum atomic E-state index is 0.305. The highest BCUT2D eigenvalue weighted by atomic mass is 35.5. The van der Waals surface area contributed by atoms with Crippen molar-refractivity contribution in [2.45, 2.75) is 19.3 Å². The normalized spacial score (nSPS) is 13.1. The van der Waals surface area contributed by atoms with Crippen molar-refractivity contribution in [1.29, 1.82) is 0 Å². The van der Waals surface area contributed by atoms with Gasteiger partial charge in [0.2, 0.25) is 0 Å². The van der Waals surface area contributed by atoms with E-state index in [1.165, 1.54) is 24.0 Å². The summed E-state index contributed by atoms with van der Waals surface area (Å²) in [6, 6.07) is 12.1. The molecule has 2 aromatic carbocycles. The van der Waals surface area contributed by atoms with Crippen LogP contribution in [0.5, 0.6) is 0 Å². The minimum absolute atomic E-state index is 0.305. The molecule has 20 heavy (non-hydrogen) atoms. The molecule has 0 atom stereocenters. The van der Waals surface area contributed by atoms with Crippen LogP contribution in [0.2, 0.25) is 5.02 Å². The number of hydrogen-bond donors (Lipinski definition) is 2. The van der Waals surface area contributed by atoms with E-state index in [2.05, 4.69) is 23.5 Å². The van der Waals surface area contributed by atoms with E-state index >= 15 is 0 Å². The number of halogens is 1. The van der Waals surface area contributed by atoms with E-state index in [1.807, 2.05) is 12.1 Å². The van der Waals surface area contributed by atoms with E-state index in [9.17, 15) is 0 Å². The van der Waals surface area contributed by atoms with Crippen LogP contribution in [0, 0.1) is 0 Å². The van der Waals surface area contributed by atoms with Crippen molar-refractivity contribution < 1.29 is 0 Å². The fourth-order valence-corrected chi connectivity index (χ4v) is 3.24. The number of fused-ring (bicyclic) bond motifs is 1. The number of anilines is 2. The first-order valence-electron chi connectivity index (χ1n) is 6.62. The van der Waals surface area contributed by atoms with Crippen molar-refractivity contribution >= 4 is 40.2 Å². The lowest BCUT2D eigenvalue weighted by atomic mass is 10.1. The van der Waals surface area contributed by atoms with Crippen molar-refractivity contribution in [1.82, 2.24) is 0 Å². The zero-order valence-corrected chi connectivity index (χ0v) is 12.5. The van der Waals surface area contributed by atoms with Crippen molar-refractivity contribution in [2.75, 3.05) is 5.32 Å². The van der Waals surface area contributed by atoms with Crippen LogP contribution in [0.1, 0.15) is 23.1 Å². The lowest BCUT2D eigenvalue weighted by Gasteiger charge is -2.13. The molecular weight excluding hydrogens is 288 g/mol. The molecule has 0 radical (unpaired) electrons. The molecular formula is C16H15ClN2S. The fraction of sp³-hybridized carbons (Fsp3) is 0.188. The monoisotopic (exact) mass is 302 g/mol. The van der Waals surface area contributed by atoms with Crippen LogP contribution in [0.15, 0.2) is 36.4 Å². The quantitative estimate of drug-likeness (QED) is 0.834. The minimum Gasteiger partial charge on any atom is -0.389 e. The first-order chi connectivity index (χ1) is 9.65. The number of aryl methyl sites for hydroxylation is 2. The van der Waals surface area contributed by atoms with Crippen LogP contribution >= 0.6 is 23.8 Å². The second-order valence-electron chi connectivity index (χ2n) is 4.99. The average Bonchev–Trinajstić information content (AvgIpc) is 2.85. The third-order valence-corrected chi connectivity index (χ3v) is 4.16. The maximum atomic E-state index is 6.18. The van der Waals surface area contributed by atoms with E-state index in [0.717, 1.165) is 17.8 Å². The lowest BCUT2D eigenvalue weighted by molar-refractivity contribution is 0.912. The molecule has 0 fully saturated rings. The predicted molar refractivity (Wildman–Crippen MR) is 89.1 cm³/mol. The number of benzene rings is 2. The van der Waals surface area contributed by atoms with E-state index in [-0.39, 0.29) is 0 Å². The molecule has 0 saturated heterocycles. The van der Waals surface area contributed by atoms with Gasteiger partial charge in [0.05, 0.1) is 16.3 Å². The van der Waals surface area contributed by atoms with Crippen LogP contribution in [0.4, 0.5) is 11.4 Å². The van der Waals surface area contributed by atoms with Crippen molar-refractivity contribution in [3.05, 3.63) is 58.1 Å². The number of hydrogen-bond acceptors (Lipinski definition) is 2. The van der Waals surface area contributed by atoms with Crippen LogP contribution in [-0.2, 0) is 12.8 Å². The Balaban J connectivity index is 1.95. The van der Waals surface area contributed by atoms with Crippen LogP contribution in [-0.4, -0.2) is 4.99 Å². The first kappa shape index (κ1) is 13.4. The zero-order valence-electron chi connectivity index (χ0n) is 10.9. The molecule has 102 valence electrons. The van der Waals surface area contributed by atoms with E-state index in [1.54, 1.807) is 6.07 Å². The molecule has 0 aromatic heterocycles. The summed E-state index contributed by atoms with van der Waals surface area (Å²) in [5, 5.41) is 3.95. The van der Waals surface area contributed by atoms with Gasteiger partial charge in [-0.25, -0.2) is 0 Å². The van der Waals surface area contributed by atoms with Crippen molar-refractivity contribution in [2.24, 2.45) is 5.73 Å². The SMILES string of the molecule is NC(=S)c1c(Cl)cccc1Nc1ccc2c(c1)CCC2. The summed E-state index contributed by atoms with van der Waals surface area (Å²) >= 11 is 11.3. The summed E-state index contributed by atoms with van der Waals surface area (Å²) in [5.41, 5.74) is 11.2. The maximum Gasteiger partial charge on any atom is 0.107 e. The molecule has 4 heteroatoms. The van der Waals surface area contributed by atoms with Crippen LogP contribution in [0.25, 0.3) is 0 Å². The van der Waals surface area contributed by atoms with Gasteiger partial charge in [0, 0.05) is 5.69 Å². The van der Waals surface area contributed by atoms with Gasteiger partial charge in [0.15, 0.2) is 0 Å². The van der Waals surface area contributed by atoms with Gasteiger partial charge in [0.1, 0.15) is 4.99 Å². The fourth-order valence-electron chi connectivity index (χ4n) is 2.68. The van der Waals surface area contributed by atoms with Crippen LogP contribution < -0.4 is 11.1 Å². The number of rotatable bonds is 3. The van der Waals surface area contributed by atoms with Gasteiger partial charge >= 0.3 is 0 Å². The summed E-state index contributed by atoms with van der Waals surface area (Å²) in [5.74, 6) is 0. The third-order valence-electron chi connectivity index (χ3n) is 3.64. The van der Waals surface area contributed by atoms with Gasteiger partial charge < -0.3 is 11.1 Å². The van der Waals surface area contributed by atoms with Gasteiger partial charge in [-0.2, -0.15) is 0 Å². The molecule has 3 N–H and O–H groups in total. The second kappa shape index (κ2) is 5.43. The summed E-state index contributed by atoms with van der Waals surface area (Å²) in [4.78, 5) is 0.305. The van der Waals surface area contributed by atoms with Gasteiger partial charge in [-0.1, -0.05) is 36.0 Å². The van der Waals surface area contributed by atoms with E-state index < -0.39 is 0 Å². The molecule has 0 amide bonds. The molecule has 0 bridgehead atoms. The highest BCUT2D eigenvalue weighted by molar-refractivity contribution is 7.80. The standard InChI is InChI=1S/C16H15ClN2S/c17-13-5-2-6-14(15(13)16(18)20)19-12-8-7-10-3-1-4-11(10)9-12/h2,5-9,19H,1,3-4H2,(H2,18,20). The molecule has 0 heterocycles. The smallest absolute Gasteiger partial charge is 0.107 e. The Hall–Kier alpha value is -1.58. The number of thiocarbonyl (C=S) groups is 1. The third kappa shape index (κ3) is 2.51. The Morgan fingerprint density at radius 1 is 1.15 bits per heavy atom. The van der Waals surface area contributed by atoms with Gasteiger partial charge in [-0.3, -0.25) is 0 Å². The molecule has 3 rings (SSSR count). The highest BCUT2D eigenvalue weighted by Crippen LogP contribution is 2.30. The average molecular weight is 303 g/mol. The summed E-state index contributed by atoms with van der Waals surface area (Å²) in [6.45, 7) is 0. The summed E-state index contributed by atoms with van der Waals surface area (Å²) in [7, 11) is 0. The zero-order chi connectivity index (χ0) is 14.1. The summed E-state index contributed by atoms with van der Waals surface area (Å²) in [6.07, 6.45) is 3.58. The van der Waals surface area contributed by atoms with Gasteiger partial charge in [-0.15, -0.1) is 0 Å². The Labute approximate surface area is 128 Å². The molecule has 0 aliphatic heterocycles. The molecule has 0 spiro atoms. The Bertz CT molecular complexity index is 682. The number of nitrogens with one attached hydrogen (secondary N) is 1. The van der Waals surface area contributed by atoms with Gasteiger partial charge in [-0.05, 0) is 54.7 Å². The molecule has 1 aliphatic carbocycles. The first-order valence-corrected chi connectivity index (χ1v) is 7.41. The van der Waals surface area contributed by atoms with E-state index in [0.29, 0.717) is 15.6 Å². The number of nitrogens with two attached hydrogens (primary N) is 1. The molecule has 2 nitrogen and oxygen atoms in total. The molecule has 0 unspecified atom stereocenters. The van der Waals surface area contributed by atoms with Crippen molar-refractivity contribution in [3.63, 3.8) is 0 Å². The molecule has 2 aromatic rings. The van der Waals surface area contributed by atoms with Crippen LogP contribution in [0.3, 0.4) is 0 Å². The Morgan fingerprint density at radius 3 is 2.75 bits per heavy atom. The maximum absolute atomic E-state index is 6.18. The van der Waals surface area contributed by atoms with Crippen molar-refractivity contribution in [3.8, 4) is 0 Å². The van der Waals surface area contributed by atoms with Gasteiger partial charge in [0.25, 0.3) is 0 Å². The largest absolute Gasteiger partial charge is 0.389 e. The second-order valence-corrected chi connectivity index (χ2v) is 5.84. The van der Waals surface area contributed by atoms with E-state index in [4.69, 9.17) is 29.6 Å². The Kier molecular flexibility index (Phi) is 3.64. The lowest BCUT2D eigenvalue weighted by Crippen LogP contribution is -2.12. The topological polar surface area (TPSA) is 38.0 Å².